The highest BCUT2D eigenvalue weighted by atomic mass is 35.5. The molecule has 9 nitrogen and oxygen atoms in total. The Hall–Kier alpha value is -5.64. The first-order valence-electron chi connectivity index (χ1n) is 14.1. The predicted octanol–water partition coefficient (Wildman–Crippen LogP) is 7.54. The summed E-state index contributed by atoms with van der Waals surface area (Å²) in [5, 5.41) is 4.89. The molecule has 0 aliphatic carbocycles. The average Bonchev–Trinajstić information content (AvgIpc) is 3.09. The van der Waals surface area contributed by atoms with Crippen molar-refractivity contribution in [2.45, 2.75) is 6.61 Å². The molecule has 0 spiro atoms. The van der Waals surface area contributed by atoms with Gasteiger partial charge in [-0.2, -0.15) is 5.10 Å². The van der Waals surface area contributed by atoms with Crippen molar-refractivity contribution in [2.75, 3.05) is 6.61 Å². The Morgan fingerprint density at radius 2 is 1.19 bits per heavy atom. The van der Waals surface area contributed by atoms with E-state index < -0.39 is 17.8 Å². The summed E-state index contributed by atoms with van der Waals surface area (Å²) >= 11 is 11.8. The smallest absolute Gasteiger partial charge is 0.343 e. The van der Waals surface area contributed by atoms with Gasteiger partial charge in [0.1, 0.15) is 29.6 Å². The van der Waals surface area contributed by atoms with Crippen molar-refractivity contribution < 1.29 is 33.3 Å². The van der Waals surface area contributed by atoms with Gasteiger partial charge < -0.3 is 18.9 Å². The van der Waals surface area contributed by atoms with Crippen LogP contribution in [-0.2, 0) is 11.4 Å². The molecule has 1 amide bonds. The Balaban J connectivity index is 1.20. The normalized spacial score (nSPS) is 10.7. The molecule has 0 saturated carbocycles. The molecule has 0 unspecified atom stereocenters. The number of halogens is 2. The van der Waals surface area contributed by atoms with Gasteiger partial charge in [-0.3, -0.25) is 4.79 Å². The quantitative estimate of drug-likeness (QED) is 0.0632. The van der Waals surface area contributed by atoms with Crippen molar-refractivity contribution in [3.8, 4) is 23.0 Å². The first kappa shape index (κ1) is 32.7. The number of rotatable bonds is 12. The number of carbonyl (C=O) groups is 3. The van der Waals surface area contributed by atoms with Gasteiger partial charge in [0.2, 0.25) is 0 Å². The number of hydrogen-bond donors (Lipinski definition) is 1. The van der Waals surface area contributed by atoms with Gasteiger partial charge in [0, 0.05) is 21.7 Å². The maximum absolute atomic E-state index is 12.9. The minimum absolute atomic E-state index is 0.0233. The van der Waals surface area contributed by atoms with Crippen LogP contribution in [0.1, 0.15) is 31.8 Å². The van der Waals surface area contributed by atoms with E-state index in [0.717, 1.165) is 5.56 Å². The van der Waals surface area contributed by atoms with Crippen LogP contribution in [0.3, 0.4) is 0 Å². The molecule has 0 bridgehead atoms. The van der Waals surface area contributed by atoms with E-state index in [9.17, 15) is 14.4 Å². The molecule has 0 aromatic heterocycles. The first-order valence-corrected chi connectivity index (χ1v) is 14.9. The minimum atomic E-state index is -0.689. The molecule has 1 N–H and O–H groups in total. The van der Waals surface area contributed by atoms with Crippen molar-refractivity contribution in [3.63, 3.8) is 0 Å². The topological polar surface area (TPSA) is 113 Å². The molecule has 11 heteroatoms. The Morgan fingerprint density at radius 3 is 1.81 bits per heavy atom. The second-order valence-corrected chi connectivity index (χ2v) is 10.7. The Kier molecular flexibility index (Phi) is 11.2. The van der Waals surface area contributed by atoms with Crippen LogP contribution < -0.4 is 24.4 Å². The van der Waals surface area contributed by atoms with Crippen LogP contribution in [0.2, 0.25) is 10.0 Å². The molecule has 47 heavy (non-hydrogen) atoms. The largest absolute Gasteiger partial charge is 0.489 e. The second-order valence-electron chi connectivity index (χ2n) is 9.82. The standard InChI is InChI=1S/C36H26Cl2N2O7/c37-28-11-6-25(7-12-28)35(42)46-32-15-10-27(33(20-32)47-36(43)26-8-13-29(38)14-9-26)21-39-40-34(41)23-45-31-18-16-30(17-19-31)44-22-24-4-2-1-3-5-24/h1-21H,22-23H2,(H,40,41)/b39-21-. The Morgan fingerprint density at radius 1 is 0.638 bits per heavy atom. The second kappa shape index (κ2) is 16.1. The third kappa shape index (κ3) is 9.92. The monoisotopic (exact) mass is 668 g/mol. The molecule has 0 fully saturated rings. The predicted molar refractivity (Wildman–Crippen MR) is 178 cm³/mol. The molecule has 5 rings (SSSR count). The van der Waals surface area contributed by atoms with Gasteiger partial charge in [-0.05, 0) is 90.5 Å². The number of nitrogens with zero attached hydrogens (tertiary/aromatic N) is 1. The van der Waals surface area contributed by atoms with Crippen LogP contribution in [0.4, 0.5) is 0 Å². The maximum Gasteiger partial charge on any atom is 0.343 e. The molecule has 0 radical (unpaired) electrons. The molecule has 236 valence electrons. The molecular weight excluding hydrogens is 643 g/mol. The van der Waals surface area contributed by atoms with E-state index in [0.29, 0.717) is 33.7 Å². The van der Waals surface area contributed by atoms with Crippen molar-refractivity contribution >= 4 is 47.3 Å². The zero-order valence-corrected chi connectivity index (χ0v) is 26.1. The van der Waals surface area contributed by atoms with E-state index in [1.165, 1.54) is 48.7 Å². The minimum Gasteiger partial charge on any atom is -0.489 e. The third-order valence-electron chi connectivity index (χ3n) is 6.39. The number of ether oxygens (including phenoxy) is 4. The van der Waals surface area contributed by atoms with Crippen molar-refractivity contribution in [2.24, 2.45) is 5.10 Å². The van der Waals surface area contributed by atoms with Gasteiger partial charge in [-0.1, -0.05) is 53.5 Å². The lowest BCUT2D eigenvalue weighted by Crippen LogP contribution is -2.24. The van der Waals surface area contributed by atoms with Gasteiger partial charge in [0.25, 0.3) is 5.91 Å². The number of esters is 2. The lowest BCUT2D eigenvalue weighted by Gasteiger charge is -2.11. The fraction of sp³-hybridized carbons (Fsp3) is 0.0556. The Labute approximate surface area is 280 Å². The molecule has 0 saturated heterocycles. The van der Waals surface area contributed by atoms with Gasteiger partial charge in [0.05, 0.1) is 17.3 Å². The van der Waals surface area contributed by atoms with Crippen LogP contribution in [0.15, 0.2) is 126 Å². The summed E-state index contributed by atoms with van der Waals surface area (Å²) in [6.07, 6.45) is 1.28. The highest BCUT2D eigenvalue weighted by Crippen LogP contribution is 2.26. The fourth-order valence-electron chi connectivity index (χ4n) is 4.00. The zero-order chi connectivity index (χ0) is 33.0. The molecule has 0 aliphatic heterocycles. The SMILES string of the molecule is O=C(COc1ccc(OCc2ccccc2)cc1)N/N=C\c1ccc(OC(=O)c2ccc(Cl)cc2)cc1OC(=O)c1ccc(Cl)cc1. The van der Waals surface area contributed by atoms with Gasteiger partial charge in [-0.15, -0.1) is 0 Å². The molecule has 0 atom stereocenters. The summed E-state index contributed by atoms with van der Waals surface area (Å²) in [5.74, 6) is -0.597. The molecule has 0 aliphatic rings. The third-order valence-corrected chi connectivity index (χ3v) is 6.90. The van der Waals surface area contributed by atoms with E-state index in [2.05, 4.69) is 10.5 Å². The number of hydrogen-bond acceptors (Lipinski definition) is 8. The summed E-state index contributed by atoms with van der Waals surface area (Å²) in [6.45, 7) is 0.125. The van der Waals surface area contributed by atoms with Crippen LogP contribution in [0.25, 0.3) is 0 Å². The van der Waals surface area contributed by atoms with Crippen LogP contribution in [0, 0.1) is 0 Å². The van der Waals surface area contributed by atoms with E-state index in [1.54, 1.807) is 48.5 Å². The van der Waals surface area contributed by atoms with E-state index in [1.807, 2.05) is 30.3 Å². The number of carbonyl (C=O) groups excluding carboxylic acids is 3. The lowest BCUT2D eigenvalue weighted by atomic mass is 10.2. The van der Waals surface area contributed by atoms with Gasteiger partial charge in [-0.25, -0.2) is 15.0 Å². The molecule has 5 aromatic carbocycles. The number of benzene rings is 5. The van der Waals surface area contributed by atoms with Crippen molar-refractivity contribution in [3.05, 3.63) is 154 Å². The highest BCUT2D eigenvalue weighted by Gasteiger charge is 2.15. The first-order chi connectivity index (χ1) is 22.8. The molecule has 5 aromatic rings. The number of hydrazone groups is 1. The van der Waals surface area contributed by atoms with E-state index in [4.69, 9.17) is 42.1 Å². The highest BCUT2D eigenvalue weighted by molar-refractivity contribution is 6.31. The average molecular weight is 670 g/mol. The molecule has 0 heterocycles. The summed E-state index contributed by atoms with van der Waals surface area (Å²) < 4.78 is 22.4. The Bertz CT molecular complexity index is 1860. The van der Waals surface area contributed by atoms with Crippen molar-refractivity contribution in [1.29, 1.82) is 0 Å². The fourth-order valence-corrected chi connectivity index (χ4v) is 4.25. The van der Waals surface area contributed by atoms with Crippen molar-refractivity contribution in [1.82, 2.24) is 5.43 Å². The molecular formula is C36H26Cl2N2O7. The van der Waals surface area contributed by atoms with Gasteiger partial charge in [0.15, 0.2) is 6.61 Å². The summed E-state index contributed by atoms with van der Waals surface area (Å²) in [5.41, 5.74) is 4.24. The van der Waals surface area contributed by atoms with Crippen LogP contribution in [-0.4, -0.2) is 30.7 Å². The summed E-state index contributed by atoms with van der Waals surface area (Å²) in [6, 6.07) is 33.3. The van der Waals surface area contributed by atoms with Crippen LogP contribution >= 0.6 is 23.2 Å². The van der Waals surface area contributed by atoms with E-state index >= 15 is 0 Å². The van der Waals surface area contributed by atoms with Gasteiger partial charge >= 0.3 is 11.9 Å². The maximum atomic E-state index is 12.9. The number of amides is 1. The summed E-state index contributed by atoms with van der Waals surface area (Å²) in [4.78, 5) is 37.9. The lowest BCUT2D eigenvalue weighted by molar-refractivity contribution is -0.123. The zero-order valence-electron chi connectivity index (χ0n) is 24.6. The van der Waals surface area contributed by atoms with E-state index in [-0.39, 0.29) is 29.2 Å². The number of nitrogens with one attached hydrogen (secondary N) is 1. The summed E-state index contributed by atoms with van der Waals surface area (Å²) in [7, 11) is 0. The van der Waals surface area contributed by atoms with Crippen LogP contribution in [0.5, 0.6) is 23.0 Å².